The summed E-state index contributed by atoms with van der Waals surface area (Å²) in [5.74, 6) is -2.03. The van der Waals surface area contributed by atoms with Crippen LogP contribution in [-0.4, -0.2) is 23.8 Å². The van der Waals surface area contributed by atoms with Crippen LogP contribution < -0.4 is 15.0 Å². The Balaban J connectivity index is 2.08. The standard InChI is InChI=1S/C20H13Br2ClN2O5/c1-2-16(26)30-17-10(7-11(21)9-15(17)22)8-14-18(27)24-20(29)25(19(14)28)13-5-3-12(23)4-6-13/h3-9H,2H2,1H3,(H,24,27,29)/b14-8-. The molecule has 30 heavy (non-hydrogen) atoms. The first-order chi connectivity index (χ1) is 14.2. The Morgan fingerprint density at radius 2 is 1.83 bits per heavy atom. The molecule has 0 bridgehead atoms. The van der Waals surface area contributed by atoms with Crippen molar-refractivity contribution in [3.8, 4) is 5.75 Å². The number of esters is 1. The third-order valence-corrected chi connectivity index (χ3v) is 5.33. The number of hydrogen-bond donors (Lipinski definition) is 1. The highest BCUT2D eigenvalue weighted by Crippen LogP contribution is 2.35. The number of imide groups is 2. The van der Waals surface area contributed by atoms with Gasteiger partial charge in [-0.3, -0.25) is 19.7 Å². The third kappa shape index (κ3) is 4.63. The molecule has 2 aromatic carbocycles. The average Bonchev–Trinajstić information content (AvgIpc) is 2.68. The lowest BCUT2D eigenvalue weighted by Gasteiger charge is -2.26. The van der Waals surface area contributed by atoms with E-state index in [1.165, 1.54) is 30.3 Å². The van der Waals surface area contributed by atoms with Gasteiger partial charge in [0.25, 0.3) is 11.8 Å². The fourth-order valence-electron chi connectivity index (χ4n) is 2.62. The van der Waals surface area contributed by atoms with Crippen molar-refractivity contribution in [1.82, 2.24) is 5.32 Å². The maximum atomic E-state index is 13.0. The molecule has 1 aliphatic heterocycles. The number of nitrogens with one attached hydrogen (secondary N) is 1. The van der Waals surface area contributed by atoms with Crippen molar-refractivity contribution >= 4 is 79.0 Å². The summed E-state index contributed by atoms with van der Waals surface area (Å²) in [5, 5.41) is 2.57. The highest BCUT2D eigenvalue weighted by Gasteiger charge is 2.37. The Hall–Kier alpha value is -2.49. The zero-order valence-electron chi connectivity index (χ0n) is 15.4. The van der Waals surface area contributed by atoms with Crippen molar-refractivity contribution in [2.75, 3.05) is 4.90 Å². The third-order valence-electron chi connectivity index (χ3n) is 4.03. The van der Waals surface area contributed by atoms with Crippen LogP contribution >= 0.6 is 43.5 Å². The normalized spacial score (nSPS) is 15.4. The Kier molecular flexibility index (Phi) is 6.74. The summed E-state index contributed by atoms with van der Waals surface area (Å²) in [7, 11) is 0. The number of halogens is 3. The van der Waals surface area contributed by atoms with Crippen LogP contribution in [0.2, 0.25) is 5.02 Å². The zero-order chi connectivity index (χ0) is 22.0. The Morgan fingerprint density at radius 1 is 1.17 bits per heavy atom. The monoisotopic (exact) mass is 554 g/mol. The number of urea groups is 1. The van der Waals surface area contributed by atoms with Crippen LogP contribution in [-0.2, 0) is 14.4 Å². The largest absolute Gasteiger partial charge is 0.425 e. The quantitative estimate of drug-likeness (QED) is 0.252. The smallest absolute Gasteiger partial charge is 0.335 e. The summed E-state index contributed by atoms with van der Waals surface area (Å²) in [5.41, 5.74) is 0.235. The molecule has 0 unspecified atom stereocenters. The number of amides is 4. The van der Waals surface area contributed by atoms with E-state index >= 15 is 0 Å². The van der Waals surface area contributed by atoms with E-state index in [4.69, 9.17) is 16.3 Å². The van der Waals surface area contributed by atoms with Crippen LogP contribution in [0.25, 0.3) is 6.08 Å². The molecular formula is C20H13Br2ClN2O5. The number of barbiturate groups is 1. The molecule has 2 aromatic rings. The van der Waals surface area contributed by atoms with Gasteiger partial charge in [-0.25, -0.2) is 9.69 Å². The molecule has 0 aliphatic carbocycles. The minimum absolute atomic E-state index is 0.136. The fourth-order valence-corrected chi connectivity index (χ4v) is 4.08. The maximum absolute atomic E-state index is 13.0. The molecule has 0 saturated carbocycles. The molecule has 3 rings (SSSR count). The summed E-state index contributed by atoms with van der Waals surface area (Å²) in [6, 6.07) is 8.37. The van der Waals surface area contributed by atoms with Crippen LogP contribution in [0.5, 0.6) is 5.75 Å². The van der Waals surface area contributed by atoms with Crippen LogP contribution in [0.3, 0.4) is 0 Å². The number of carbonyl (C=O) groups excluding carboxylic acids is 4. The fraction of sp³-hybridized carbons (Fsp3) is 0.100. The second-order valence-electron chi connectivity index (χ2n) is 6.07. The van der Waals surface area contributed by atoms with Gasteiger partial charge in [-0.2, -0.15) is 0 Å². The van der Waals surface area contributed by atoms with Gasteiger partial charge in [-0.05, 0) is 58.4 Å². The number of nitrogens with zero attached hydrogens (tertiary/aromatic N) is 1. The zero-order valence-corrected chi connectivity index (χ0v) is 19.3. The molecule has 7 nitrogen and oxygen atoms in total. The minimum Gasteiger partial charge on any atom is -0.425 e. The van der Waals surface area contributed by atoms with E-state index in [1.807, 2.05) is 0 Å². The summed E-state index contributed by atoms with van der Waals surface area (Å²) in [6.45, 7) is 1.64. The lowest BCUT2D eigenvalue weighted by atomic mass is 10.1. The van der Waals surface area contributed by atoms with E-state index in [-0.39, 0.29) is 23.4 Å². The van der Waals surface area contributed by atoms with E-state index in [0.717, 1.165) is 4.90 Å². The van der Waals surface area contributed by atoms with Gasteiger partial charge in [0.1, 0.15) is 5.57 Å². The van der Waals surface area contributed by atoms with Crippen LogP contribution in [0.1, 0.15) is 18.9 Å². The maximum Gasteiger partial charge on any atom is 0.335 e. The molecule has 1 fully saturated rings. The number of carbonyl (C=O) groups is 4. The average molecular weight is 557 g/mol. The van der Waals surface area contributed by atoms with Crippen LogP contribution in [0.4, 0.5) is 10.5 Å². The van der Waals surface area contributed by atoms with Crippen molar-refractivity contribution in [3.05, 3.63) is 61.5 Å². The SMILES string of the molecule is CCC(=O)Oc1c(Br)cc(Br)cc1/C=C1/C(=O)NC(=O)N(c2ccc(Cl)cc2)C1=O. The molecular weight excluding hydrogens is 543 g/mol. The predicted molar refractivity (Wildman–Crippen MR) is 118 cm³/mol. The second-order valence-corrected chi connectivity index (χ2v) is 8.27. The lowest BCUT2D eigenvalue weighted by molar-refractivity contribution is -0.134. The van der Waals surface area contributed by atoms with Gasteiger partial charge in [0.15, 0.2) is 5.75 Å². The molecule has 1 aliphatic rings. The Labute approximate surface area is 193 Å². The van der Waals surface area contributed by atoms with E-state index in [1.54, 1.807) is 19.1 Å². The van der Waals surface area contributed by atoms with Gasteiger partial charge < -0.3 is 4.74 Å². The van der Waals surface area contributed by atoms with E-state index in [9.17, 15) is 19.2 Å². The molecule has 0 aromatic heterocycles. The Morgan fingerprint density at radius 3 is 2.47 bits per heavy atom. The highest BCUT2D eigenvalue weighted by atomic mass is 79.9. The summed E-state index contributed by atoms with van der Waals surface area (Å²) < 4.78 is 6.41. The van der Waals surface area contributed by atoms with E-state index < -0.39 is 23.8 Å². The second kappa shape index (κ2) is 9.11. The molecule has 0 radical (unpaired) electrons. The van der Waals surface area contributed by atoms with Crippen LogP contribution in [0, 0.1) is 0 Å². The number of hydrogen-bond acceptors (Lipinski definition) is 5. The molecule has 4 amide bonds. The van der Waals surface area contributed by atoms with Gasteiger partial charge in [0.2, 0.25) is 0 Å². The topological polar surface area (TPSA) is 92.8 Å². The molecule has 1 heterocycles. The van der Waals surface area contributed by atoms with Gasteiger partial charge in [0, 0.05) is 21.5 Å². The van der Waals surface area contributed by atoms with Crippen LogP contribution in [0.15, 0.2) is 50.9 Å². The summed E-state index contributed by atoms with van der Waals surface area (Å²) >= 11 is 12.5. The van der Waals surface area contributed by atoms with Crippen molar-refractivity contribution in [2.24, 2.45) is 0 Å². The van der Waals surface area contributed by atoms with Gasteiger partial charge >= 0.3 is 12.0 Å². The number of ether oxygens (including phenoxy) is 1. The molecule has 0 spiro atoms. The number of anilines is 1. The lowest BCUT2D eigenvalue weighted by Crippen LogP contribution is -2.54. The van der Waals surface area contributed by atoms with Crippen molar-refractivity contribution in [3.63, 3.8) is 0 Å². The Bertz CT molecular complexity index is 1100. The van der Waals surface area contributed by atoms with Gasteiger partial charge in [-0.15, -0.1) is 0 Å². The molecule has 1 saturated heterocycles. The summed E-state index contributed by atoms with van der Waals surface area (Å²) in [6.07, 6.45) is 1.40. The van der Waals surface area contributed by atoms with E-state index in [0.29, 0.717) is 19.5 Å². The molecule has 0 atom stereocenters. The van der Waals surface area contributed by atoms with Gasteiger partial charge in [-0.1, -0.05) is 34.5 Å². The minimum atomic E-state index is -0.877. The molecule has 1 N–H and O–H groups in total. The van der Waals surface area contributed by atoms with Crippen molar-refractivity contribution < 1.29 is 23.9 Å². The van der Waals surface area contributed by atoms with Gasteiger partial charge in [0.05, 0.1) is 10.2 Å². The molecule has 10 heteroatoms. The van der Waals surface area contributed by atoms with E-state index in [2.05, 4.69) is 37.2 Å². The first-order valence-electron chi connectivity index (χ1n) is 8.58. The van der Waals surface area contributed by atoms with Crippen molar-refractivity contribution in [1.29, 1.82) is 0 Å². The highest BCUT2D eigenvalue weighted by molar-refractivity contribution is 9.11. The summed E-state index contributed by atoms with van der Waals surface area (Å²) in [4.78, 5) is 50.3. The molecule has 154 valence electrons. The first-order valence-corrected chi connectivity index (χ1v) is 10.5. The number of rotatable bonds is 4. The first kappa shape index (κ1) is 22.2. The van der Waals surface area contributed by atoms with Crippen molar-refractivity contribution in [2.45, 2.75) is 13.3 Å². The predicted octanol–water partition coefficient (Wildman–Crippen LogP) is 4.85. The number of benzene rings is 2.